The highest BCUT2D eigenvalue weighted by molar-refractivity contribution is 8.76. The van der Waals surface area contributed by atoms with Crippen molar-refractivity contribution in [3.05, 3.63) is 71.9 Å². The molecule has 2 aliphatic rings. The van der Waals surface area contributed by atoms with Crippen LogP contribution >= 0.6 is 21.6 Å². The predicted octanol–water partition coefficient (Wildman–Crippen LogP) is 15.4. The van der Waals surface area contributed by atoms with Crippen molar-refractivity contribution >= 4 is 21.6 Å². The molecule has 0 bridgehead atoms. The summed E-state index contributed by atoms with van der Waals surface area (Å²) in [6.45, 7) is 26.6. The summed E-state index contributed by atoms with van der Waals surface area (Å²) >= 11 is 0. The lowest BCUT2D eigenvalue weighted by Gasteiger charge is -2.16. The van der Waals surface area contributed by atoms with Crippen LogP contribution in [-0.4, -0.2) is 22.3 Å². The van der Waals surface area contributed by atoms with Crippen LogP contribution in [0.15, 0.2) is 65.8 Å². The highest BCUT2D eigenvalue weighted by Gasteiger charge is 2.32. The molecule has 49 heavy (non-hydrogen) atoms. The molecule has 0 unspecified atom stereocenters. The number of aryl methyl sites for hydroxylation is 2. The summed E-state index contributed by atoms with van der Waals surface area (Å²) in [5.74, 6) is 3.54. The fraction of sp³-hybridized carbons (Fsp3) is 0.595. The molecule has 288 valence electrons. The molecule has 0 saturated carbocycles. The molecule has 3 aromatic rings. The Balaban J connectivity index is -0.000000123. The molecule has 2 aromatic carbocycles. The molecule has 0 aliphatic carbocycles. The molecule has 0 amide bonds. The van der Waals surface area contributed by atoms with Crippen LogP contribution < -0.4 is 18.9 Å². The van der Waals surface area contributed by atoms with Crippen molar-refractivity contribution in [1.82, 2.24) is 4.98 Å². The highest BCUT2D eigenvalue weighted by atomic mass is 33.1. The second-order valence-electron chi connectivity index (χ2n) is 10.5. The second kappa shape index (κ2) is 32.7. The van der Waals surface area contributed by atoms with Gasteiger partial charge in [0.15, 0.2) is 23.0 Å². The van der Waals surface area contributed by atoms with Crippen molar-refractivity contribution in [3.63, 3.8) is 0 Å². The summed E-state index contributed by atoms with van der Waals surface area (Å²) in [6.07, 6.45) is 6.37. The van der Waals surface area contributed by atoms with Crippen LogP contribution in [0.25, 0.3) is 0 Å². The number of rotatable bonds is 5. The summed E-state index contributed by atoms with van der Waals surface area (Å²) in [7, 11) is 3.54. The Kier molecular flexibility index (Phi) is 39.1. The number of fused-ring (bicyclic) bond motifs is 2. The monoisotopic (exact) mass is 726 g/mol. The van der Waals surface area contributed by atoms with Crippen molar-refractivity contribution in [2.24, 2.45) is 0 Å². The van der Waals surface area contributed by atoms with E-state index in [4.69, 9.17) is 18.9 Å². The molecule has 0 spiro atoms. The van der Waals surface area contributed by atoms with E-state index in [9.17, 15) is 0 Å². The molecule has 0 atom stereocenters. The van der Waals surface area contributed by atoms with Gasteiger partial charge in [-0.25, -0.2) is 4.98 Å². The normalized spacial score (nSPS) is 12.1. The van der Waals surface area contributed by atoms with Crippen molar-refractivity contribution < 1.29 is 18.9 Å². The Morgan fingerprint density at radius 2 is 0.918 bits per heavy atom. The van der Waals surface area contributed by atoms with Crippen LogP contribution in [-0.2, 0) is 12.8 Å². The Morgan fingerprint density at radius 1 is 0.551 bits per heavy atom. The first-order valence-corrected chi connectivity index (χ1v) is 18.5. The molecular weight excluding hydrogens is 647 g/mol. The average Bonchev–Trinajstić information content (AvgIpc) is 3.50. The van der Waals surface area contributed by atoms with Crippen molar-refractivity contribution in [1.29, 1.82) is 0 Å². The fourth-order valence-corrected chi connectivity index (χ4v) is 4.98. The van der Waals surface area contributed by atoms with Gasteiger partial charge in [0.25, 0.3) is 0 Å². The zero-order valence-electron chi connectivity index (χ0n) is 29.7. The van der Waals surface area contributed by atoms with Crippen molar-refractivity contribution in [3.8, 4) is 23.0 Å². The Bertz CT molecular complexity index is 1090. The van der Waals surface area contributed by atoms with Gasteiger partial charge >= 0.3 is 0 Å². The predicted molar refractivity (Wildman–Crippen MR) is 227 cm³/mol. The first kappa shape index (κ1) is 58.7. The molecule has 1 aromatic heterocycles. The van der Waals surface area contributed by atoms with E-state index in [-0.39, 0.29) is 37.1 Å². The molecule has 7 heteroatoms. The van der Waals surface area contributed by atoms with E-state index >= 15 is 0 Å². The maximum atomic E-state index is 5.61. The third kappa shape index (κ3) is 24.3. The molecule has 0 N–H and O–H groups in total. The van der Waals surface area contributed by atoms with Gasteiger partial charge < -0.3 is 18.9 Å². The van der Waals surface area contributed by atoms with Crippen LogP contribution in [0.4, 0.5) is 0 Å². The maximum absolute atomic E-state index is 5.61. The Morgan fingerprint density at radius 3 is 1.22 bits per heavy atom. The average molecular weight is 726 g/mol. The van der Waals surface area contributed by atoms with Gasteiger partial charge in [0.1, 0.15) is 5.03 Å². The zero-order valence-corrected chi connectivity index (χ0v) is 31.3. The minimum Gasteiger partial charge on any atom is -0.449 e. The summed E-state index contributed by atoms with van der Waals surface area (Å²) < 4.78 is 22.4. The summed E-state index contributed by atoms with van der Waals surface area (Å²) in [6, 6.07) is 18.1. The maximum Gasteiger partial charge on any atom is 0.246 e. The van der Waals surface area contributed by atoms with Crippen molar-refractivity contribution in [2.75, 3.05) is 5.75 Å². The van der Waals surface area contributed by atoms with Crippen LogP contribution in [0.2, 0.25) is 0 Å². The van der Waals surface area contributed by atoms with Crippen LogP contribution in [0.1, 0.15) is 151 Å². The van der Waals surface area contributed by atoms with E-state index < -0.39 is 11.6 Å². The van der Waals surface area contributed by atoms with E-state index in [1.807, 2.05) is 101 Å². The number of benzene rings is 2. The number of aromatic nitrogens is 1. The number of pyridine rings is 1. The molecular formula is C42H79NO4S2. The third-order valence-corrected chi connectivity index (χ3v) is 7.49. The van der Waals surface area contributed by atoms with Gasteiger partial charge in [-0.15, -0.1) is 0 Å². The number of hydrogen-bond acceptors (Lipinski definition) is 7. The smallest absolute Gasteiger partial charge is 0.246 e. The first-order chi connectivity index (χ1) is 21.0. The van der Waals surface area contributed by atoms with E-state index in [2.05, 4.69) is 65.6 Å². The molecule has 0 fully saturated rings. The summed E-state index contributed by atoms with van der Waals surface area (Å²) in [5, 5.41) is 1.09. The van der Waals surface area contributed by atoms with Crippen LogP contribution in [0.5, 0.6) is 23.0 Å². The fourth-order valence-electron chi connectivity index (χ4n) is 3.49. The lowest BCUT2D eigenvalue weighted by Crippen LogP contribution is -2.29. The second-order valence-corrected chi connectivity index (χ2v) is 13.2. The van der Waals surface area contributed by atoms with Gasteiger partial charge in [-0.3, -0.25) is 0 Å². The van der Waals surface area contributed by atoms with E-state index in [0.29, 0.717) is 0 Å². The quantitative estimate of drug-likeness (QED) is 0.243. The molecule has 5 nitrogen and oxygen atoms in total. The largest absolute Gasteiger partial charge is 0.449 e. The Labute approximate surface area is 314 Å². The van der Waals surface area contributed by atoms with Crippen LogP contribution in [0.3, 0.4) is 0 Å². The first-order valence-electron chi connectivity index (χ1n) is 16.2. The van der Waals surface area contributed by atoms with E-state index in [1.165, 1.54) is 24.0 Å². The molecule has 0 radical (unpaired) electrons. The van der Waals surface area contributed by atoms with Gasteiger partial charge in [0.05, 0.1) is 0 Å². The van der Waals surface area contributed by atoms with Gasteiger partial charge in [0.2, 0.25) is 11.6 Å². The minimum atomic E-state index is -0.505. The standard InChI is InChI=1S/2C11H14O2.C7H9NS2.2C3H8.C2H6.5CH4/c2*1-4-8-5-6-9-10(7-8)13-11(2,3)12-9;1-2-9-10-7-5-3-4-6-8-7;2*1-3-2;1-2;;;;;/h2*5-7H,4H2,1-3H3;3-6H,2H2,1H3;2*3H2,1-2H3;1-2H3;5*1H4. The summed E-state index contributed by atoms with van der Waals surface area (Å²) in [5.41, 5.74) is 2.56. The SMILES string of the molecule is C.C.C.C.C.CC.CCC.CCC.CCSSc1ccccn1.CCc1ccc2c(c1)OC(C)(C)O2.CCc1ccc2c(c1)OC(C)(C)O2. The third-order valence-electron chi connectivity index (χ3n) is 5.16. The van der Waals surface area contributed by atoms with Gasteiger partial charge in [-0.1, -0.05) is 141 Å². The van der Waals surface area contributed by atoms with Gasteiger partial charge in [-0.2, -0.15) is 0 Å². The summed E-state index contributed by atoms with van der Waals surface area (Å²) in [4.78, 5) is 4.16. The van der Waals surface area contributed by atoms with Gasteiger partial charge in [0, 0.05) is 39.6 Å². The lowest BCUT2D eigenvalue weighted by molar-refractivity contribution is -0.0437. The minimum absolute atomic E-state index is 0. The number of nitrogens with zero attached hydrogens (tertiary/aromatic N) is 1. The number of ether oxygens (including phenoxy) is 4. The van der Waals surface area contributed by atoms with Gasteiger partial charge in [-0.05, 0) is 71.2 Å². The number of hydrogen-bond donors (Lipinski definition) is 0. The van der Waals surface area contributed by atoms with E-state index in [0.717, 1.165) is 46.6 Å². The van der Waals surface area contributed by atoms with Crippen molar-refractivity contribution in [2.45, 2.75) is 169 Å². The van der Waals surface area contributed by atoms with Crippen LogP contribution in [0, 0.1) is 0 Å². The molecule has 5 rings (SSSR count). The molecule has 0 saturated heterocycles. The topological polar surface area (TPSA) is 49.8 Å². The highest BCUT2D eigenvalue weighted by Crippen LogP contribution is 2.40. The molecule has 2 aliphatic heterocycles. The zero-order chi connectivity index (χ0) is 33.6. The Hall–Kier alpha value is -2.51. The molecule has 3 heterocycles. The lowest BCUT2D eigenvalue weighted by atomic mass is 10.1. The van der Waals surface area contributed by atoms with E-state index in [1.54, 1.807) is 10.8 Å².